The van der Waals surface area contributed by atoms with Gasteiger partial charge < -0.3 is 15.6 Å². The van der Waals surface area contributed by atoms with Gasteiger partial charge in [0.15, 0.2) is 0 Å². The Morgan fingerprint density at radius 3 is 2.81 bits per heavy atom. The number of hydrogen-bond donors (Lipinski definition) is 2. The molecule has 4 heteroatoms. The van der Waals surface area contributed by atoms with Crippen LogP contribution in [0.25, 0.3) is 0 Å². The van der Waals surface area contributed by atoms with Crippen LogP contribution in [-0.4, -0.2) is 17.7 Å². The van der Waals surface area contributed by atoms with Gasteiger partial charge in [-0.1, -0.05) is 18.2 Å². The molecule has 0 fully saturated rings. The van der Waals surface area contributed by atoms with Gasteiger partial charge in [0.2, 0.25) is 0 Å². The highest BCUT2D eigenvalue weighted by Gasteiger charge is 2.12. The molecule has 4 nitrogen and oxygen atoms in total. The van der Waals surface area contributed by atoms with Crippen molar-refractivity contribution in [2.24, 2.45) is 5.73 Å². The Morgan fingerprint density at radius 1 is 1.50 bits per heavy atom. The fourth-order valence-electron chi connectivity index (χ4n) is 1.51. The van der Waals surface area contributed by atoms with E-state index >= 15 is 0 Å². The maximum absolute atomic E-state index is 10.5. The second-order valence-corrected chi connectivity index (χ2v) is 3.51. The molecule has 0 spiro atoms. The summed E-state index contributed by atoms with van der Waals surface area (Å²) in [4.78, 5) is 10.5. The highest BCUT2D eigenvalue weighted by molar-refractivity contribution is 5.66. The molecule has 0 aromatic heterocycles. The van der Waals surface area contributed by atoms with Gasteiger partial charge in [-0.2, -0.15) is 0 Å². The summed E-state index contributed by atoms with van der Waals surface area (Å²) in [5, 5.41) is 8.60. The molecule has 88 valence electrons. The largest absolute Gasteiger partial charge is 0.494 e. The fourth-order valence-corrected chi connectivity index (χ4v) is 1.51. The summed E-state index contributed by atoms with van der Waals surface area (Å²) in [5.74, 6) is -0.0905. The van der Waals surface area contributed by atoms with Crippen LogP contribution in [0.15, 0.2) is 24.3 Å². The number of benzene rings is 1. The fraction of sp³-hybridized carbons (Fsp3) is 0.417. The number of para-hydroxylation sites is 1. The third-order valence-electron chi connectivity index (χ3n) is 2.29. The molecular weight excluding hydrogens is 206 g/mol. The molecule has 1 unspecified atom stereocenters. The maximum Gasteiger partial charge on any atom is 0.303 e. The highest BCUT2D eigenvalue weighted by Crippen LogP contribution is 2.26. The average Bonchev–Trinajstić information content (AvgIpc) is 2.27. The van der Waals surface area contributed by atoms with E-state index in [1.165, 1.54) is 0 Å². The first-order valence-electron chi connectivity index (χ1n) is 5.34. The average molecular weight is 223 g/mol. The van der Waals surface area contributed by atoms with Gasteiger partial charge in [-0.05, 0) is 19.4 Å². The monoisotopic (exact) mass is 223 g/mol. The predicted molar refractivity (Wildman–Crippen MR) is 61.4 cm³/mol. The van der Waals surface area contributed by atoms with Crippen LogP contribution in [0, 0.1) is 0 Å². The molecule has 1 aromatic carbocycles. The van der Waals surface area contributed by atoms with Crippen molar-refractivity contribution < 1.29 is 14.6 Å². The Hall–Kier alpha value is -1.55. The van der Waals surface area contributed by atoms with Gasteiger partial charge in [0.1, 0.15) is 5.75 Å². The Bertz CT molecular complexity index is 352. The number of carbonyl (C=O) groups is 1. The highest BCUT2D eigenvalue weighted by atomic mass is 16.5. The minimum absolute atomic E-state index is 0.0711. The van der Waals surface area contributed by atoms with Crippen LogP contribution in [0.4, 0.5) is 0 Å². The number of carboxylic acids is 1. The first kappa shape index (κ1) is 12.5. The first-order valence-corrected chi connectivity index (χ1v) is 5.34. The van der Waals surface area contributed by atoms with E-state index in [1.54, 1.807) is 0 Å². The molecule has 3 N–H and O–H groups in total. The molecular formula is C12H17NO3. The van der Waals surface area contributed by atoms with Crippen molar-refractivity contribution in [2.75, 3.05) is 6.61 Å². The molecule has 0 radical (unpaired) electrons. The van der Waals surface area contributed by atoms with Crippen molar-refractivity contribution in [1.82, 2.24) is 0 Å². The predicted octanol–water partition coefficient (Wildman–Crippen LogP) is 1.95. The smallest absolute Gasteiger partial charge is 0.303 e. The van der Waals surface area contributed by atoms with Crippen molar-refractivity contribution >= 4 is 5.97 Å². The molecule has 0 saturated carbocycles. The summed E-state index contributed by atoms with van der Waals surface area (Å²) in [5.41, 5.74) is 6.80. The van der Waals surface area contributed by atoms with E-state index in [1.807, 2.05) is 31.2 Å². The molecule has 0 aliphatic carbocycles. The van der Waals surface area contributed by atoms with Crippen molar-refractivity contribution in [3.8, 4) is 5.75 Å². The lowest BCUT2D eigenvalue weighted by molar-refractivity contribution is -0.137. The van der Waals surface area contributed by atoms with Crippen molar-refractivity contribution in [2.45, 2.75) is 25.8 Å². The van der Waals surface area contributed by atoms with E-state index in [9.17, 15) is 4.79 Å². The molecule has 0 heterocycles. The lowest BCUT2D eigenvalue weighted by Gasteiger charge is -2.15. The van der Waals surface area contributed by atoms with E-state index in [2.05, 4.69) is 0 Å². The quantitative estimate of drug-likeness (QED) is 0.773. The number of rotatable bonds is 6. The van der Waals surface area contributed by atoms with Crippen LogP contribution in [0.1, 0.15) is 31.4 Å². The van der Waals surface area contributed by atoms with Crippen LogP contribution in [0.3, 0.4) is 0 Å². The molecule has 0 amide bonds. The number of nitrogens with two attached hydrogens (primary N) is 1. The number of aliphatic carboxylic acids is 1. The molecule has 1 atom stereocenters. The number of ether oxygens (including phenoxy) is 1. The molecule has 1 aromatic rings. The third-order valence-corrected chi connectivity index (χ3v) is 2.29. The lowest BCUT2D eigenvalue weighted by Crippen LogP contribution is -2.13. The van der Waals surface area contributed by atoms with Gasteiger partial charge >= 0.3 is 5.97 Å². The standard InChI is InChI=1S/C12H17NO3/c1-2-16-11-6-4-3-5-9(11)10(13)7-8-12(14)15/h3-6,10H,2,7-8,13H2,1H3,(H,14,15). The van der Waals surface area contributed by atoms with Crippen LogP contribution < -0.4 is 10.5 Å². The van der Waals surface area contributed by atoms with E-state index < -0.39 is 5.97 Å². The lowest BCUT2D eigenvalue weighted by atomic mass is 10.0. The van der Waals surface area contributed by atoms with Gasteiger partial charge in [-0.25, -0.2) is 0 Å². The van der Waals surface area contributed by atoms with E-state index in [4.69, 9.17) is 15.6 Å². The SMILES string of the molecule is CCOc1ccccc1C(N)CCC(=O)O. The molecule has 1 rings (SSSR count). The van der Waals surface area contributed by atoms with Gasteiger partial charge in [0.25, 0.3) is 0 Å². The minimum atomic E-state index is -0.829. The van der Waals surface area contributed by atoms with Gasteiger partial charge in [0.05, 0.1) is 6.61 Å². The zero-order valence-electron chi connectivity index (χ0n) is 9.35. The van der Waals surface area contributed by atoms with Crippen molar-refractivity contribution in [3.63, 3.8) is 0 Å². The third kappa shape index (κ3) is 3.55. The maximum atomic E-state index is 10.5. The van der Waals surface area contributed by atoms with Crippen LogP contribution >= 0.6 is 0 Å². The number of carboxylic acid groups (broad SMARTS) is 1. The summed E-state index contributed by atoms with van der Waals surface area (Å²) in [6, 6.07) is 7.17. The van der Waals surface area contributed by atoms with Crippen molar-refractivity contribution in [1.29, 1.82) is 0 Å². The Balaban J connectivity index is 2.73. The zero-order valence-corrected chi connectivity index (χ0v) is 9.35. The van der Waals surface area contributed by atoms with Crippen LogP contribution in [-0.2, 0) is 4.79 Å². The van der Waals surface area contributed by atoms with E-state index in [-0.39, 0.29) is 12.5 Å². The molecule has 0 aliphatic heterocycles. The Kier molecular flexibility index (Phi) is 4.79. The topological polar surface area (TPSA) is 72.5 Å². The van der Waals surface area contributed by atoms with Gasteiger partial charge in [0, 0.05) is 18.0 Å². The normalized spacial score (nSPS) is 12.1. The molecule has 0 saturated heterocycles. The van der Waals surface area contributed by atoms with Gasteiger partial charge in [-0.15, -0.1) is 0 Å². The number of hydrogen-bond acceptors (Lipinski definition) is 3. The van der Waals surface area contributed by atoms with Crippen LogP contribution in [0.5, 0.6) is 5.75 Å². The van der Waals surface area contributed by atoms with Crippen molar-refractivity contribution in [3.05, 3.63) is 29.8 Å². The summed E-state index contributed by atoms with van der Waals surface area (Å²) in [6.45, 7) is 2.47. The molecule has 0 aliphatic rings. The summed E-state index contributed by atoms with van der Waals surface area (Å²) < 4.78 is 5.44. The summed E-state index contributed by atoms with van der Waals surface area (Å²) in [7, 11) is 0. The Morgan fingerprint density at radius 2 is 2.19 bits per heavy atom. The summed E-state index contributed by atoms with van der Waals surface area (Å²) in [6.07, 6.45) is 0.487. The molecule has 0 bridgehead atoms. The second-order valence-electron chi connectivity index (χ2n) is 3.51. The minimum Gasteiger partial charge on any atom is -0.494 e. The molecule has 16 heavy (non-hydrogen) atoms. The Labute approximate surface area is 95.0 Å². The van der Waals surface area contributed by atoms with E-state index in [0.717, 1.165) is 11.3 Å². The zero-order chi connectivity index (χ0) is 12.0. The second kappa shape index (κ2) is 6.12. The summed E-state index contributed by atoms with van der Waals surface area (Å²) >= 11 is 0. The van der Waals surface area contributed by atoms with Crippen LogP contribution in [0.2, 0.25) is 0 Å². The van der Waals surface area contributed by atoms with E-state index in [0.29, 0.717) is 13.0 Å². The first-order chi connectivity index (χ1) is 7.65. The van der Waals surface area contributed by atoms with Gasteiger partial charge in [-0.3, -0.25) is 4.79 Å².